The summed E-state index contributed by atoms with van der Waals surface area (Å²) >= 11 is 1.77. The molecule has 0 amide bonds. The minimum atomic E-state index is -0.866. The summed E-state index contributed by atoms with van der Waals surface area (Å²) in [5.41, 5.74) is 0.352. The van der Waals surface area contributed by atoms with Gasteiger partial charge >= 0.3 is 35.5 Å². The van der Waals surface area contributed by atoms with E-state index in [1.54, 1.807) is 23.9 Å². The summed E-state index contributed by atoms with van der Waals surface area (Å²) in [4.78, 5) is 11.7. The Morgan fingerprint density at radius 3 is 2.40 bits per heavy atom. The minimum Gasteiger partial charge on any atom is -0.478 e. The van der Waals surface area contributed by atoms with E-state index >= 15 is 0 Å². The molecule has 0 unspecified atom stereocenters. The standard InChI is InChI=1S/C11H14O2S.Na/c1-2-3-8-14-10-6-4-9(5-7-10)11(12)13;/h4-7H,2-3,8H2,1H3,(H,12,13);/q;+1. The van der Waals surface area contributed by atoms with Crippen LogP contribution in [0, 0.1) is 0 Å². The molecule has 0 aliphatic heterocycles. The average molecular weight is 233 g/mol. The van der Waals surface area contributed by atoms with Crippen LogP contribution in [0.3, 0.4) is 0 Å². The topological polar surface area (TPSA) is 37.3 Å². The van der Waals surface area contributed by atoms with E-state index in [9.17, 15) is 4.79 Å². The molecule has 0 fully saturated rings. The molecule has 0 aliphatic carbocycles. The molecule has 0 aliphatic rings. The van der Waals surface area contributed by atoms with Gasteiger partial charge in [-0.2, -0.15) is 0 Å². The van der Waals surface area contributed by atoms with Gasteiger partial charge in [-0.15, -0.1) is 11.8 Å². The Labute approximate surface area is 117 Å². The van der Waals surface area contributed by atoms with Gasteiger partial charge in [0.1, 0.15) is 0 Å². The van der Waals surface area contributed by atoms with Gasteiger partial charge in [-0.3, -0.25) is 0 Å². The molecule has 4 heteroatoms. The maximum atomic E-state index is 10.6. The van der Waals surface area contributed by atoms with E-state index in [4.69, 9.17) is 5.11 Å². The molecule has 0 bridgehead atoms. The zero-order chi connectivity index (χ0) is 10.4. The third-order valence-corrected chi connectivity index (χ3v) is 2.97. The number of aromatic carboxylic acids is 1. The molecule has 0 heterocycles. The monoisotopic (exact) mass is 233 g/mol. The van der Waals surface area contributed by atoms with Gasteiger partial charge in [0.2, 0.25) is 0 Å². The first-order valence-electron chi connectivity index (χ1n) is 4.70. The number of hydrogen-bond acceptors (Lipinski definition) is 2. The number of carbonyl (C=O) groups is 1. The predicted molar refractivity (Wildman–Crippen MR) is 59.0 cm³/mol. The molecule has 1 rings (SSSR count). The number of rotatable bonds is 5. The van der Waals surface area contributed by atoms with Crippen LogP contribution in [0.4, 0.5) is 0 Å². The maximum Gasteiger partial charge on any atom is 1.00 e. The first-order chi connectivity index (χ1) is 6.74. The van der Waals surface area contributed by atoms with Crippen molar-refractivity contribution in [2.45, 2.75) is 24.7 Å². The van der Waals surface area contributed by atoms with E-state index in [1.807, 2.05) is 12.1 Å². The molecule has 2 nitrogen and oxygen atoms in total. The smallest absolute Gasteiger partial charge is 0.478 e. The maximum absolute atomic E-state index is 10.6. The number of thioether (sulfide) groups is 1. The number of hydrogen-bond donors (Lipinski definition) is 1. The fourth-order valence-electron chi connectivity index (χ4n) is 1.03. The summed E-state index contributed by atoms with van der Waals surface area (Å²) in [6.07, 6.45) is 2.39. The van der Waals surface area contributed by atoms with Gasteiger partial charge in [0, 0.05) is 4.90 Å². The first-order valence-corrected chi connectivity index (χ1v) is 5.68. The van der Waals surface area contributed by atoms with E-state index in [1.165, 1.54) is 12.8 Å². The Bertz CT molecular complexity index is 298. The van der Waals surface area contributed by atoms with Crippen molar-refractivity contribution in [2.75, 3.05) is 5.75 Å². The van der Waals surface area contributed by atoms with Crippen LogP contribution in [-0.2, 0) is 0 Å². The van der Waals surface area contributed by atoms with Crippen molar-refractivity contribution in [2.24, 2.45) is 0 Å². The average Bonchev–Trinajstić information content (AvgIpc) is 2.19. The second-order valence-corrected chi connectivity index (χ2v) is 4.20. The Hall–Kier alpha value is 0.0400. The fourth-order valence-corrected chi connectivity index (χ4v) is 2.03. The van der Waals surface area contributed by atoms with Gasteiger partial charge in [0.25, 0.3) is 0 Å². The summed E-state index contributed by atoms with van der Waals surface area (Å²) in [5, 5.41) is 8.68. The Morgan fingerprint density at radius 2 is 1.93 bits per heavy atom. The quantitative estimate of drug-likeness (QED) is 0.451. The molecule has 1 aromatic carbocycles. The van der Waals surface area contributed by atoms with Gasteiger partial charge in [0.15, 0.2) is 0 Å². The van der Waals surface area contributed by atoms with Gasteiger partial charge in [-0.25, -0.2) is 4.79 Å². The summed E-state index contributed by atoms with van der Waals surface area (Å²) < 4.78 is 0. The van der Waals surface area contributed by atoms with Crippen LogP contribution in [-0.4, -0.2) is 16.8 Å². The number of carboxylic acids is 1. The van der Waals surface area contributed by atoms with E-state index in [0.717, 1.165) is 10.6 Å². The van der Waals surface area contributed by atoms with E-state index < -0.39 is 5.97 Å². The fraction of sp³-hybridized carbons (Fsp3) is 0.364. The minimum absolute atomic E-state index is 0. The van der Waals surface area contributed by atoms with Crippen molar-refractivity contribution in [3.05, 3.63) is 29.8 Å². The second kappa shape index (κ2) is 8.22. The Morgan fingerprint density at radius 1 is 1.33 bits per heavy atom. The summed E-state index contributed by atoms with van der Waals surface area (Å²) in [7, 11) is 0. The molecule has 0 saturated carbocycles. The number of carboxylic acid groups (broad SMARTS) is 1. The van der Waals surface area contributed by atoms with Crippen LogP contribution >= 0.6 is 11.8 Å². The first kappa shape index (κ1) is 15.0. The van der Waals surface area contributed by atoms with Gasteiger partial charge in [-0.05, 0) is 36.4 Å². The molecule has 0 radical (unpaired) electrons. The molecule has 0 atom stereocenters. The normalized spacial score (nSPS) is 9.40. The van der Waals surface area contributed by atoms with E-state index in [0.29, 0.717) is 5.56 Å². The zero-order valence-corrected chi connectivity index (χ0v) is 12.0. The molecule has 0 spiro atoms. The van der Waals surface area contributed by atoms with Crippen LogP contribution in [0.2, 0.25) is 0 Å². The summed E-state index contributed by atoms with van der Waals surface area (Å²) in [6, 6.07) is 7.03. The summed E-state index contributed by atoms with van der Waals surface area (Å²) in [5.74, 6) is 0.234. The summed E-state index contributed by atoms with van der Waals surface area (Å²) in [6.45, 7) is 2.16. The van der Waals surface area contributed by atoms with Crippen molar-refractivity contribution in [3.8, 4) is 0 Å². The van der Waals surface area contributed by atoms with Gasteiger partial charge in [0.05, 0.1) is 5.56 Å². The third-order valence-electron chi connectivity index (χ3n) is 1.87. The SMILES string of the molecule is CCCCSc1ccc(C(=O)O)cc1.[Na+]. The van der Waals surface area contributed by atoms with Gasteiger partial charge < -0.3 is 5.11 Å². The van der Waals surface area contributed by atoms with Crippen molar-refractivity contribution in [1.29, 1.82) is 0 Å². The molecule has 1 N–H and O–H groups in total. The van der Waals surface area contributed by atoms with E-state index in [-0.39, 0.29) is 29.6 Å². The van der Waals surface area contributed by atoms with Crippen molar-refractivity contribution < 1.29 is 39.5 Å². The van der Waals surface area contributed by atoms with Crippen LogP contribution in [0.1, 0.15) is 30.1 Å². The third kappa shape index (κ3) is 5.61. The molecule has 0 aromatic heterocycles. The second-order valence-electron chi connectivity index (χ2n) is 3.03. The number of benzene rings is 1. The van der Waals surface area contributed by atoms with Crippen LogP contribution in [0.15, 0.2) is 29.2 Å². The van der Waals surface area contributed by atoms with E-state index in [2.05, 4.69) is 6.92 Å². The van der Waals surface area contributed by atoms with Crippen LogP contribution < -0.4 is 29.6 Å². The predicted octanol–water partition coefficient (Wildman–Crippen LogP) is 0.281. The van der Waals surface area contributed by atoms with Crippen molar-refractivity contribution in [3.63, 3.8) is 0 Å². The van der Waals surface area contributed by atoms with Gasteiger partial charge in [-0.1, -0.05) is 13.3 Å². The van der Waals surface area contributed by atoms with Crippen molar-refractivity contribution in [1.82, 2.24) is 0 Å². The molecular formula is C11H14NaO2S+. The Kier molecular flexibility index (Phi) is 8.24. The van der Waals surface area contributed by atoms with Crippen LogP contribution in [0.25, 0.3) is 0 Å². The Balaban J connectivity index is 0.00000196. The zero-order valence-electron chi connectivity index (χ0n) is 9.19. The van der Waals surface area contributed by atoms with Crippen LogP contribution in [0.5, 0.6) is 0 Å². The number of unbranched alkanes of at least 4 members (excludes halogenated alkanes) is 1. The largest absolute Gasteiger partial charge is 1.00 e. The molecule has 1 aromatic rings. The van der Waals surface area contributed by atoms with Crippen molar-refractivity contribution >= 4 is 17.7 Å². The molecule has 0 saturated heterocycles. The molecular weight excluding hydrogens is 219 g/mol. The molecule has 15 heavy (non-hydrogen) atoms. The molecule has 76 valence electrons.